The predicted molar refractivity (Wildman–Crippen MR) is 148 cm³/mol. The van der Waals surface area contributed by atoms with Crippen LogP contribution in [0.15, 0.2) is 48.5 Å². The molecular weight excluding hydrogens is 514 g/mol. The van der Waals surface area contributed by atoms with E-state index in [9.17, 15) is 18.0 Å². The Morgan fingerprint density at radius 1 is 1.11 bits per heavy atom. The molecule has 37 heavy (non-hydrogen) atoms. The van der Waals surface area contributed by atoms with Crippen molar-refractivity contribution < 1.29 is 22.7 Å². The number of amides is 2. The summed E-state index contributed by atoms with van der Waals surface area (Å²) in [5.74, 6) is 0.184. The third kappa shape index (κ3) is 9.55. The van der Waals surface area contributed by atoms with Gasteiger partial charge in [0.2, 0.25) is 21.8 Å². The normalized spacial score (nSPS) is 12.5. The molecule has 0 saturated carbocycles. The van der Waals surface area contributed by atoms with E-state index in [0.29, 0.717) is 22.9 Å². The van der Waals surface area contributed by atoms with E-state index in [-0.39, 0.29) is 37.7 Å². The molecule has 0 heterocycles. The number of methoxy groups -OCH3 is 1. The number of rotatable bonds is 12. The minimum atomic E-state index is -3.59. The molecule has 1 N–H and O–H groups in total. The van der Waals surface area contributed by atoms with Gasteiger partial charge in [0, 0.05) is 30.1 Å². The molecule has 10 heteroatoms. The lowest BCUT2D eigenvalue weighted by molar-refractivity contribution is -0.142. The summed E-state index contributed by atoms with van der Waals surface area (Å²) in [4.78, 5) is 28.2. The Morgan fingerprint density at radius 2 is 1.78 bits per heavy atom. The first kappa shape index (κ1) is 30.4. The number of hydrogen-bond donors (Lipinski definition) is 1. The number of carbonyl (C=O) groups excluding carboxylic acids is 2. The predicted octanol–water partition coefficient (Wildman–Crippen LogP) is 4.62. The van der Waals surface area contributed by atoms with Crippen molar-refractivity contribution >= 4 is 39.1 Å². The molecule has 0 aliphatic rings. The summed E-state index contributed by atoms with van der Waals surface area (Å²) in [5, 5.41) is 3.40. The minimum Gasteiger partial charge on any atom is -0.497 e. The molecule has 0 aromatic heterocycles. The van der Waals surface area contributed by atoms with Crippen molar-refractivity contribution in [1.29, 1.82) is 0 Å². The number of benzene rings is 2. The molecule has 8 nitrogen and oxygen atoms in total. The highest BCUT2D eigenvalue weighted by Gasteiger charge is 2.30. The molecule has 204 valence electrons. The first-order valence-corrected chi connectivity index (χ1v) is 14.5. The molecule has 0 aliphatic heterocycles. The zero-order valence-electron chi connectivity index (χ0n) is 22.5. The fourth-order valence-corrected chi connectivity index (χ4v) is 5.12. The molecule has 2 aromatic rings. The maximum Gasteiger partial charge on any atom is 0.243 e. The quantitative estimate of drug-likeness (QED) is 0.415. The van der Waals surface area contributed by atoms with Crippen LogP contribution in [-0.4, -0.2) is 56.6 Å². The Labute approximate surface area is 226 Å². The molecule has 0 spiro atoms. The Morgan fingerprint density at radius 3 is 2.35 bits per heavy atom. The van der Waals surface area contributed by atoms with Gasteiger partial charge >= 0.3 is 0 Å². The van der Waals surface area contributed by atoms with Gasteiger partial charge in [0.05, 0.1) is 19.1 Å². The van der Waals surface area contributed by atoms with E-state index in [1.807, 2.05) is 52.0 Å². The number of ether oxygens (including phenoxy) is 1. The van der Waals surface area contributed by atoms with E-state index in [0.717, 1.165) is 11.8 Å². The zero-order valence-corrected chi connectivity index (χ0v) is 24.0. The minimum absolute atomic E-state index is 0.0653. The SMILES string of the molecule is CC[C@@H](C(=O)NC(C)(C)C)N(Cc1cccc(OC)c1)C(=O)CCCN(c1cccc(Cl)c1)S(C)(=O)=O. The molecule has 0 saturated heterocycles. The van der Waals surface area contributed by atoms with Gasteiger partial charge in [-0.1, -0.05) is 36.7 Å². The van der Waals surface area contributed by atoms with Crippen molar-refractivity contribution in [3.63, 3.8) is 0 Å². The summed E-state index contributed by atoms with van der Waals surface area (Å²) in [6, 6.07) is 13.3. The molecule has 0 unspecified atom stereocenters. The van der Waals surface area contributed by atoms with Gasteiger partial charge in [-0.25, -0.2) is 8.42 Å². The number of carbonyl (C=O) groups is 2. The zero-order chi connectivity index (χ0) is 27.8. The lowest BCUT2D eigenvalue weighted by Crippen LogP contribution is -2.53. The first-order valence-electron chi connectivity index (χ1n) is 12.2. The van der Waals surface area contributed by atoms with Crippen molar-refractivity contribution in [3.05, 3.63) is 59.1 Å². The fourth-order valence-electron chi connectivity index (χ4n) is 3.98. The van der Waals surface area contributed by atoms with Gasteiger partial charge in [-0.3, -0.25) is 13.9 Å². The summed E-state index contributed by atoms with van der Waals surface area (Å²) in [5.41, 5.74) is 0.806. The topological polar surface area (TPSA) is 96.0 Å². The van der Waals surface area contributed by atoms with Crippen LogP contribution in [0.25, 0.3) is 0 Å². The van der Waals surface area contributed by atoms with Crippen molar-refractivity contribution in [1.82, 2.24) is 10.2 Å². The summed E-state index contributed by atoms with van der Waals surface area (Å²) in [7, 11) is -2.02. The third-order valence-corrected chi connectivity index (χ3v) is 7.05. The molecule has 2 amide bonds. The fraction of sp³-hybridized carbons (Fsp3) is 0.481. The molecule has 2 rings (SSSR count). The lowest BCUT2D eigenvalue weighted by Gasteiger charge is -2.33. The van der Waals surface area contributed by atoms with Crippen molar-refractivity contribution in [2.75, 3.05) is 24.2 Å². The van der Waals surface area contributed by atoms with Gasteiger partial charge in [0.1, 0.15) is 11.8 Å². The van der Waals surface area contributed by atoms with Crippen LogP contribution in [0.4, 0.5) is 5.69 Å². The van der Waals surface area contributed by atoms with Crippen LogP contribution >= 0.6 is 11.6 Å². The molecule has 0 fully saturated rings. The number of sulfonamides is 1. The van der Waals surface area contributed by atoms with Gasteiger partial charge in [0.15, 0.2) is 0 Å². The van der Waals surface area contributed by atoms with Crippen molar-refractivity contribution in [3.8, 4) is 5.75 Å². The second-order valence-corrected chi connectivity index (χ2v) is 12.3. The van der Waals surface area contributed by atoms with Gasteiger partial charge in [0.25, 0.3) is 0 Å². The second-order valence-electron chi connectivity index (χ2n) is 9.96. The van der Waals surface area contributed by atoms with E-state index in [1.165, 1.54) is 4.31 Å². The van der Waals surface area contributed by atoms with Crippen molar-refractivity contribution in [2.24, 2.45) is 0 Å². The van der Waals surface area contributed by atoms with Crippen LogP contribution in [-0.2, 0) is 26.2 Å². The molecular formula is C27H38ClN3O5S. The van der Waals surface area contributed by atoms with E-state index in [2.05, 4.69) is 5.32 Å². The largest absolute Gasteiger partial charge is 0.497 e. The summed E-state index contributed by atoms with van der Waals surface area (Å²) in [6.45, 7) is 7.85. The van der Waals surface area contributed by atoms with E-state index in [4.69, 9.17) is 16.3 Å². The van der Waals surface area contributed by atoms with Crippen LogP contribution in [0.2, 0.25) is 5.02 Å². The molecule has 1 atom stereocenters. The standard InChI is InChI=1S/C27H38ClN3O5S/c1-7-24(26(33)29-27(2,3)4)30(19-20-11-8-14-23(17-20)36-5)25(32)15-10-16-31(37(6,34)35)22-13-9-12-21(28)18-22/h8-9,11-14,17-18,24H,7,10,15-16,19H2,1-6H3,(H,29,33)/t24-/m0/s1. The average molecular weight is 552 g/mol. The molecule has 0 radical (unpaired) electrons. The molecule has 2 aromatic carbocycles. The number of hydrogen-bond acceptors (Lipinski definition) is 5. The number of nitrogens with zero attached hydrogens (tertiary/aromatic N) is 2. The van der Waals surface area contributed by atoms with Gasteiger partial charge in [-0.05, 0) is 69.5 Å². The van der Waals surface area contributed by atoms with E-state index in [1.54, 1.807) is 36.3 Å². The number of halogens is 1. The van der Waals surface area contributed by atoms with E-state index >= 15 is 0 Å². The number of anilines is 1. The lowest BCUT2D eigenvalue weighted by atomic mass is 10.0. The average Bonchev–Trinajstić information content (AvgIpc) is 2.79. The summed E-state index contributed by atoms with van der Waals surface area (Å²) in [6.07, 6.45) is 1.88. The van der Waals surface area contributed by atoms with Gasteiger partial charge < -0.3 is 15.0 Å². The van der Waals surface area contributed by atoms with Crippen molar-refractivity contribution in [2.45, 2.75) is 65.1 Å². The maximum atomic E-state index is 13.5. The van der Waals surface area contributed by atoms with Gasteiger partial charge in [-0.15, -0.1) is 0 Å². The Kier molecular flexibility index (Phi) is 10.8. The Balaban J connectivity index is 2.26. The molecule has 0 bridgehead atoms. The highest BCUT2D eigenvalue weighted by molar-refractivity contribution is 7.92. The summed E-state index contributed by atoms with van der Waals surface area (Å²) < 4.78 is 31.5. The summed E-state index contributed by atoms with van der Waals surface area (Å²) >= 11 is 6.06. The number of nitrogens with one attached hydrogen (secondary N) is 1. The van der Waals surface area contributed by atoms with Crippen LogP contribution in [0.3, 0.4) is 0 Å². The van der Waals surface area contributed by atoms with Gasteiger partial charge in [-0.2, -0.15) is 0 Å². The Hall–Kier alpha value is -2.78. The first-order chi connectivity index (χ1) is 17.2. The molecule has 0 aliphatic carbocycles. The highest BCUT2D eigenvalue weighted by atomic mass is 35.5. The third-order valence-electron chi connectivity index (χ3n) is 5.62. The van der Waals surface area contributed by atoms with Crippen LogP contribution in [0.5, 0.6) is 5.75 Å². The Bertz CT molecular complexity index is 1180. The maximum absolute atomic E-state index is 13.5. The van der Waals surface area contributed by atoms with Crippen LogP contribution in [0, 0.1) is 0 Å². The van der Waals surface area contributed by atoms with E-state index < -0.39 is 21.6 Å². The second kappa shape index (κ2) is 13.1. The van der Waals surface area contributed by atoms with Crippen LogP contribution in [0.1, 0.15) is 52.5 Å². The highest BCUT2D eigenvalue weighted by Crippen LogP contribution is 2.23. The smallest absolute Gasteiger partial charge is 0.243 e. The van der Waals surface area contributed by atoms with Crippen LogP contribution < -0.4 is 14.4 Å². The monoisotopic (exact) mass is 551 g/mol.